The van der Waals surface area contributed by atoms with Crippen LogP contribution in [0.25, 0.3) is 0 Å². The molecule has 2 heterocycles. The average molecular weight is 551 g/mol. The minimum atomic E-state index is -1.07. The molecule has 0 aromatic rings. The van der Waals surface area contributed by atoms with Crippen molar-refractivity contribution in [1.29, 1.82) is 0 Å². The van der Waals surface area contributed by atoms with Crippen LogP contribution < -0.4 is 0 Å². The highest BCUT2D eigenvalue weighted by Crippen LogP contribution is 2.69. The fraction of sp³-hybridized carbons (Fsp3) is 0.900. The van der Waals surface area contributed by atoms with Crippen molar-refractivity contribution in [2.75, 3.05) is 20.8 Å². The van der Waals surface area contributed by atoms with Gasteiger partial charge in [-0.2, -0.15) is 0 Å². The molecule has 6 aliphatic rings. The predicted molar refractivity (Wildman–Crippen MR) is 139 cm³/mol. The van der Waals surface area contributed by atoms with E-state index < -0.39 is 35.3 Å². The molecule has 6 rings (SSSR count). The topological polar surface area (TPSA) is 124 Å². The molecule has 0 spiro atoms. The highest BCUT2D eigenvalue weighted by Gasteiger charge is 2.72. The maximum Gasteiger partial charge on any atom is 0.331 e. The smallest absolute Gasteiger partial charge is 0.331 e. The first-order chi connectivity index (χ1) is 18.5. The second-order valence-electron chi connectivity index (χ2n) is 13.4. The molecule has 0 amide bonds. The number of cyclic esters (lactones) is 1. The summed E-state index contributed by atoms with van der Waals surface area (Å²) >= 11 is 0. The van der Waals surface area contributed by atoms with Gasteiger partial charge in [-0.25, -0.2) is 4.79 Å². The molecule has 0 aromatic heterocycles. The van der Waals surface area contributed by atoms with E-state index >= 15 is 0 Å². The van der Waals surface area contributed by atoms with Gasteiger partial charge in [0.1, 0.15) is 12.7 Å². The summed E-state index contributed by atoms with van der Waals surface area (Å²) in [6.07, 6.45) is 6.23. The number of carbonyl (C=O) groups excluding carboxylic acids is 1. The first kappa shape index (κ1) is 28.1. The summed E-state index contributed by atoms with van der Waals surface area (Å²) in [7, 11) is 3.30. The zero-order chi connectivity index (χ0) is 27.8. The van der Waals surface area contributed by atoms with E-state index in [1.165, 1.54) is 0 Å². The minimum Gasteiger partial charge on any atom is -0.458 e. The summed E-state index contributed by atoms with van der Waals surface area (Å²) in [6, 6.07) is 0. The average Bonchev–Trinajstić information content (AvgIpc) is 3.45. The van der Waals surface area contributed by atoms with Crippen molar-refractivity contribution in [1.82, 2.24) is 0 Å². The molecule has 220 valence electrons. The van der Waals surface area contributed by atoms with Gasteiger partial charge in [0, 0.05) is 38.6 Å². The van der Waals surface area contributed by atoms with Gasteiger partial charge in [-0.3, -0.25) is 0 Å². The lowest BCUT2D eigenvalue weighted by Gasteiger charge is -2.66. The van der Waals surface area contributed by atoms with Crippen LogP contribution in [0, 0.1) is 23.2 Å². The summed E-state index contributed by atoms with van der Waals surface area (Å²) < 4.78 is 29.4. The highest BCUT2D eigenvalue weighted by atomic mass is 16.7. The molecule has 0 bridgehead atoms. The summed E-state index contributed by atoms with van der Waals surface area (Å²) in [5.74, 6) is -0.0945. The number of hydrogen-bond donors (Lipinski definition) is 3. The van der Waals surface area contributed by atoms with E-state index in [0.29, 0.717) is 38.7 Å². The quantitative estimate of drug-likeness (QED) is 0.350. The first-order valence-corrected chi connectivity index (χ1v) is 14.9. The third-order valence-electron chi connectivity index (χ3n) is 12.1. The van der Waals surface area contributed by atoms with Gasteiger partial charge in [-0.1, -0.05) is 6.92 Å². The maximum absolute atomic E-state index is 12.4. The number of esters is 1. The van der Waals surface area contributed by atoms with Crippen LogP contribution in [0.5, 0.6) is 0 Å². The van der Waals surface area contributed by atoms with Crippen LogP contribution in [-0.4, -0.2) is 89.6 Å². The number of aliphatic hydroxyl groups excluding tert-OH is 1. The van der Waals surface area contributed by atoms with Crippen molar-refractivity contribution in [2.45, 2.75) is 126 Å². The fourth-order valence-electron chi connectivity index (χ4n) is 10.0. The first-order valence-electron chi connectivity index (χ1n) is 14.9. The highest BCUT2D eigenvalue weighted by molar-refractivity contribution is 5.85. The number of ether oxygens (including phenoxy) is 5. The van der Waals surface area contributed by atoms with Crippen molar-refractivity contribution < 1.29 is 43.8 Å². The molecule has 12 atom stereocenters. The van der Waals surface area contributed by atoms with Crippen LogP contribution in [-0.2, 0) is 28.5 Å². The van der Waals surface area contributed by atoms with Crippen LogP contribution in [0.2, 0.25) is 0 Å². The molecule has 1 saturated heterocycles. The third kappa shape index (κ3) is 4.02. The van der Waals surface area contributed by atoms with Crippen molar-refractivity contribution in [3.63, 3.8) is 0 Å². The van der Waals surface area contributed by atoms with Crippen LogP contribution >= 0.6 is 0 Å². The molecule has 9 heteroatoms. The largest absolute Gasteiger partial charge is 0.458 e. The van der Waals surface area contributed by atoms with Crippen LogP contribution in [0.1, 0.15) is 78.1 Å². The number of carbonyl (C=O) groups is 1. The third-order valence-corrected chi connectivity index (χ3v) is 12.1. The van der Waals surface area contributed by atoms with Gasteiger partial charge >= 0.3 is 5.97 Å². The minimum absolute atomic E-state index is 0.0176. The Kier molecular flexibility index (Phi) is 7.02. The van der Waals surface area contributed by atoms with Gasteiger partial charge in [0.2, 0.25) is 0 Å². The molecule has 9 nitrogen and oxygen atoms in total. The standard InChI is InChI=1S/C30H46O9/c1-17-26(32)23(35-3)14-25(38-17)39-19-5-12-30(36-4)22-6-9-27(2)20(18-13-24(31)37-16-18)8-11-29(27,34)21(22)7-10-28(30,33)15-19/h13,17,19-23,25-26,32-34H,5-12,14-16H2,1-4H3/t17-,19+,20-,21-,22+,23+,25+,26-,27-,28+,29+,30+/m1/s1. The van der Waals surface area contributed by atoms with Gasteiger partial charge in [-0.15, -0.1) is 0 Å². The Morgan fingerprint density at radius 1 is 1.03 bits per heavy atom. The van der Waals surface area contributed by atoms with E-state index in [0.717, 1.165) is 37.7 Å². The zero-order valence-corrected chi connectivity index (χ0v) is 23.8. The summed E-state index contributed by atoms with van der Waals surface area (Å²) in [5.41, 5.74) is -2.01. The zero-order valence-electron chi connectivity index (χ0n) is 23.8. The lowest BCUT2D eigenvalue weighted by molar-refractivity contribution is -0.315. The molecule has 4 aliphatic carbocycles. The van der Waals surface area contributed by atoms with E-state index in [2.05, 4.69) is 6.92 Å². The number of fused-ring (bicyclic) bond motifs is 5. The number of methoxy groups -OCH3 is 2. The van der Waals surface area contributed by atoms with Gasteiger partial charge in [0.15, 0.2) is 6.29 Å². The molecule has 5 fully saturated rings. The maximum atomic E-state index is 12.4. The van der Waals surface area contributed by atoms with E-state index in [4.69, 9.17) is 23.7 Å². The normalized spacial score (nSPS) is 53.4. The van der Waals surface area contributed by atoms with E-state index in [1.54, 1.807) is 20.3 Å². The molecule has 39 heavy (non-hydrogen) atoms. The summed E-state index contributed by atoms with van der Waals surface area (Å²) in [6.45, 7) is 4.35. The lowest BCUT2D eigenvalue weighted by Crippen LogP contribution is -2.72. The van der Waals surface area contributed by atoms with E-state index in [9.17, 15) is 20.1 Å². The van der Waals surface area contributed by atoms with Crippen molar-refractivity contribution in [3.8, 4) is 0 Å². The Bertz CT molecular complexity index is 1000. The molecule has 0 aromatic carbocycles. The monoisotopic (exact) mass is 550 g/mol. The molecular weight excluding hydrogens is 504 g/mol. The molecular formula is C30H46O9. The second kappa shape index (κ2) is 9.75. The number of hydrogen-bond acceptors (Lipinski definition) is 9. The Labute approximate surface area is 231 Å². The summed E-state index contributed by atoms with van der Waals surface area (Å²) in [4.78, 5) is 11.8. The van der Waals surface area contributed by atoms with Gasteiger partial charge in [-0.05, 0) is 81.6 Å². The molecule has 3 N–H and O–H groups in total. The molecule has 2 aliphatic heterocycles. The fourth-order valence-corrected chi connectivity index (χ4v) is 10.0. The molecule has 0 unspecified atom stereocenters. The van der Waals surface area contributed by atoms with Crippen LogP contribution in [0.15, 0.2) is 11.6 Å². The van der Waals surface area contributed by atoms with Gasteiger partial charge in [0.25, 0.3) is 0 Å². The van der Waals surface area contributed by atoms with Gasteiger partial charge in [0.05, 0.1) is 35.1 Å². The predicted octanol–water partition coefficient (Wildman–Crippen LogP) is 2.63. The van der Waals surface area contributed by atoms with Crippen LogP contribution in [0.4, 0.5) is 0 Å². The Morgan fingerprint density at radius 3 is 2.49 bits per heavy atom. The van der Waals surface area contributed by atoms with Crippen molar-refractivity contribution >= 4 is 5.97 Å². The van der Waals surface area contributed by atoms with Crippen molar-refractivity contribution in [2.24, 2.45) is 23.2 Å². The van der Waals surface area contributed by atoms with Gasteiger partial charge < -0.3 is 39.0 Å². The SMILES string of the molecule is CO[C@H]1C[C@H](O[C@H]2CC[C@]3(OC)[C@H]4CC[C@]5(C)[C@@H](C6=CC(=O)OC6)CC[C@]5(O)[C@@H]4CC[C@]3(O)C2)O[C@H](C)[C@H]1O. The lowest BCUT2D eigenvalue weighted by atomic mass is 9.45. The summed E-state index contributed by atoms with van der Waals surface area (Å²) in [5, 5.41) is 35.0. The Hall–Kier alpha value is -1.07. The molecule has 4 saturated carbocycles. The number of aliphatic hydroxyl groups is 3. The second-order valence-corrected chi connectivity index (χ2v) is 13.4. The number of rotatable bonds is 5. The Morgan fingerprint density at radius 2 is 1.79 bits per heavy atom. The molecule has 0 radical (unpaired) electrons. The van der Waals surface area contributed by atoms with E-state index in [-0.39, 0.29) is 41.3 Å². The van der Waals surface area contributed by atoms with Crippen molar-refractivity contribution in [3.05, 3.63) is 11.6 Å². The van der Waals surface area contributed by atoms with Crippen LogP contribution in [0.3, 0.4) is 0 Å². The van der Waals surface area contributed by atoms with E-state index in [1.807, 2.05) is 6.92 Å². The Balaban J connectivity index is 1.20.